The summed E-state index contributed by atoms with van der Waals surface area (Å²) >= 11 is 25.1. The summed E-state index contributed by atoms with van der Waals surface area (Å²) in [6, 6.07) is 10.3. The molecule has 8 heteroatoms. The van der Waals surface area contributed by atoms with Crippen molar-refractivity contribution in [2.75, 3.05) is 0 Å². The molecule has 24 heavy (non-hydrogen) atoms. The van der Waals surface area contributed by atoms with E-state index in [-0.39, 0.29) is 5.91 Å². The highest BCUT2D eigenvalue weighted by Crippen LogP contribution is 2.34. The van der Waals surface area contributed by atoms with Crippen molar-refractivity contribution < 1.29 is 4.79 Å². The Morgan fingerprint density at radius 3 is 2.54 bits per heavy atom. The van der Waals surface area contributed by atoms with Gasteiger partial charge in [-0.15, -0.1) is 0 Å². The van der Waals surface area contributed by atoms with E-state index in [0.29, 0.717) is 35.9 Å². The monoisotopic (exact) mass is 416 g/mol. The van der Waals surface area contributed by atoms with Crippen molar-refractivity contribution in [3.05, 3.63) is 67.0 Å². The van der Waals surface area contributed by atoms with E-state index in [4.69, 9.17) is 46.4 Å². The molecule has 122 valence electrons. The summed E-state index contributed by atoms with van der Waals surface area (Å²) in [7, 11) is 0. The lowest BCUT2D eigenvalue weighted by Crippen LogP contribution is -2.19. The number of benzene rings is 2. The predicted octanol–water partition coefficient (Wildman–Crippen LogP) is 6.19. The third-order valence-electron chi connectivity index (χ3n) is 3.05. The normalized spacial score (nSPS) is 17.6. The summed E-state index contributed by atoms with van der Waals surface area (Å²) in [5, 5.41) is 4.74. The second-order valence-electron chi connectivity index (χ2n) is 4.73. The number of rotatable bonds is 2. The molecule has 0 aromatic heterocycles. The summed E-state index contributed by atoms with van der Waals surface area (Å²) in [5.41, 5.74) is 1.26. The largest absolute Gasteiger partial charge is 0.300 e. The van der Waals surface area contributed by atoms with Gasteiger partial charge in [-0.05, 0) is 47.7 Å². The van der Waals surface area contributed by atoms with Crippen LogP contribution < -0.4 is 5.32 Å². The third kappa shape index (κ3) is 3.90. The average Bonchev–Trinajstić information content (AvgIpc) is 2.87. The minimum Gasteiger partial charge on any atom is -0.300 e. The summed E-state index contributed by atoms with van der Waals surface area (Å²) in [4.78, 5) is 16.9. The van der Waals surface area contributed by atoms with Gasteiger partial charge in [-0.25, -0.2) is 4.99 Å². The topological polar surface area (TPSA) is 41.5 Å². The van der Waals surface area contributed by atoms with E-state index in [0.717, 1.165) is 5.56 Å². The molecule has 1 N–H and O–H groups in total. The molecule has 0 bridgehead atoms. The van der Waals surface area contributed by atoms with Crippen LogP contribution in [0.1, 0.15) is 5.56 Å². The fraction of sp³-hybridized carbons (Fsp3) is 0. The van der Waals surface area contributed by atoms with Gasteiger partial charge in [-0.1, -0.05) is 58.5 Å². The zero-order valence-corrected chi connectivity index (χ0v) is 15.7. The first-order valence-corrected chi connectivity index (χ1v) is 8.95. The van der Waals surface area contributed by atoms with E-state index in [9.17, 15) is 4.79 Å². The van der Waals surface area contributed by atoms with Crippen molar-refractivity contribution in [3.8, 4) is 0 Å². The molecule has 3 nitrogen and oxygen atoms in total. The Hall–Kier alpha value is -1.17. The van der Waals surface area contributed by atoms with E-state index in [2.05, 4.69) is 10.3 Å². The van der Waals surface area contributed by atoms with Gasteiger partial charge in [0.15, 0.2) is 5.17 Å². The zero-order valence-electron chi connectivity index (χ0n) is 11.8. The number of amidine groups is 1. The summed E-state index contributed by atoms with van der Waals surface area (Å²) in [6.07, 6.45) is 1.71. The van der Waals surface area contributed by atoms with Crippen molar-refractivity contribution in [2.24, 2.45) is 4.99 Å². The van der Waals surface area contributed by atoms with Crippen molar-refractivity contribution in [1.82, 2.24) is 5.32 Å². The van der Waals surface area contributed by atoms with Crippen LogP contribution in [0.5, 0.6) is 0 Å². The molecule has 2 aromatic rings. The molecule has 1 aliphatic rings. The van der Waals surface area contributed by atoms with E-state index in [1.165, 1.54) is 11.8 Å². The van der Waals surface area contributed by atoms with Crippen LogP contribution in [0.2, 0.25) is 20.1 Å². The first-order valence-electron chi connectivity index (χ1n) is 6.62. The van der Waals surface area contributed by atoms with Gasteiger partial charge in [0.25, 0.3) is 5.91 Å². The van der Waals surface area contributed by atoms with Crippen LogP contribution in [0.3, 0.4) is 0 Å². The smallest absolute Gasteiger partial charge is 0.264 e. The lowest BCUT2D eigenvalue weighted by molar-refractivity contribution is -0.115. The Morgan fingerprint density at radius 1 is 1.00 bits per heavy atom. The van der Waals surface area contributed by atoms with Gasteiger partial charge < -0.3 is 5.32 Å². The number of halogens is 4. The minimum absolute atomic E-state index is 0.247. The van der Waals surface area contributed by atoms with Gasteiger partial charge in [0.05, 0.1) is 30.7 Å². The lowest BCUT2D eigenvalue weighted by atomic mass is 10.2. The van der Waals surface area contributed by atoms with Crippen LogP contribution in [-0.4, -0.2) is 11.1 Å². The number of amides is 1. The van der Waals surface area contributed by atoms with Crippen molar-refractivity contribution in [1.29, 1.82) is 0 Å². The number of aliphatic imine (C=N–C) groups is 1. The molecule has 0 atom stereocenters. The highest BCUT2D eigenvalue weighted by Gasteiger charge is 2.24. The number of carbonyl (C=O) groups excluding carboxylic acids is 1. The van der Waals surface area contributed by atoms with Gasteiger partial charge in [-0.2, -0.15) is 0 Å². The average molecular weight is 418 g/mol. The van der Waals surface area contributed by atoms with Crippen molar-refractivity contribution >= 4 is 81.0 Å². The molecule has 0 radical (unpaired) electrons. The maximum Gasteiger partial charge on any atom is 0.264 e. The van der Waals surface area contributed by atoms with Gasteiger partial charge >= 0.3 is 0 Å². The maximum atomic E-state index is 12.1. The molecule has 1 amide bonds. The molecule has 0 saturated carbocycles. The molecule has 1 heterocycles. The highest BCUT2D eigenvalue weighted by molar-refractivity contribution is 8.18. The van der Waals surface area contributed by atoms with Crippen molar-refractivity contribution in [2.45, 2.75) is 0 Å². The van der Waals surface area contributed by atoms with Crippen LogP contribution in [0.4, 0.5) is 5.69 Å². The van der Waals surface area contributed by atoms with E-state index >= 15 is 0 Å². The summed E-state index contributed by atoms with van der Waals surface area (Å²) in [6.45, 7) is 0. The second-order valence-corrected chi connectivity index (χ2v) is 7.36. The maximum absolute atomic E-state index is 12.1. The number of thioether (sulfide) groups is 1. The van der Waals surface area contributed by atoms with Gasteiger partial charge in [0, 0.05) is 0 Å². The van der Waals surface area contributed by atoms with Crippen molar-refractivity contribution in [3.63, 3.8) is 0 Å². The van der Waals surface area contributed by atoms with Crippen LogP contribution in [0.25, 0.3) is 6.08 Å². The molecule has 0 unspecified atom stereocenters. The Morgan fingerprint density at radius 2 is 1.79 bits per heavy atom. The van der Waals surface area contributed by atoms with Crippen LogP contribution in [0.15, 0.2) is 46.3 Å². The molecule has 3 rings (SSSR count). The number of nitrogens with zero attached hydrogens (tertiary/aromatic N) is 1. The fourth-order valence-corrected chi connectivity index (χ4v) is 3.40. The molecule has 0 spiro atoms. The van der Waals surface area contributed by atoms with Gasteiger partial charge in [0.2, 0.25) is 0 Å². The molecule has 1 saturated heterocycles. The van der Waals surface area contributed by atoms with E-state index in [1.54, 1.807) is 42.5 Å². The Kier molecular flexibility index (Phi) is 5.42. The number of hydrogen-bond donors (Lipinski definition) is 1. The van der Waals surface area contributed by atoms with Crippen LogP contribution in [-0.2, 0) is 4.79 Å². The van der Waals surface area contributed by atoms with E-state index in [1.807, 2.05) is 0 Å². The molecule has 1 aliphatic heterocycles. The molecule has 1 fully saturated rings. The number of carbonyl (C=O) groups is 1. The molecular weight excluding hydrogens is 410 g/mol. The summed E-state index contributed by atoms with van der Waals surface area (Å²) < 4.78 is 0. The van der Waals surface area contributed by atoms with Gasteiger partial charge in [-0.3, -0.25) is 4.79 Å². The van der Waals surface area contributed by atoms with Crippen LogP contribution >= 0.6 is 58.2 Å². The second kappa shape index (κ2) is 7.38. The Bertz CT molecular complexity index is 896. The van der Waals surface area contributed by atoms with Crippen LogP contribution in [0, 0.1) is 0 Å². The zero-order chi connectivity index (χ0) is 17.3. The van der Waals surface area contributed by atoms with Gasteiger partial charge in [0.1, 0.15) is 0 Å². The molecular formula is C16H8Cl4N2OS. The Balaban J connectivity index is 1.88. The first-order chi connectivity index (χ1) is 11.4. The molecule has 2 aromatic carbocycles. The quantitative estimate of drug-likeness (QED) is 0.591. The summed E-state index contributed by atoms with van der Waals surface area (Å²) in [5.74, 6) is -0.247. The van der Waals surface area contributed by atoms with E-state index < -0.39 is 0 Å². The molecule has 0 aliphatic carbocycles. The number of nitrogens with one attached hydrogen (secondary N) is 1. The SMILES string of the molecule is O=C1NC(=Nc2cccc(Cl)c2Cl)S/C1=C\c1ccc(Cl)c(Cl)c1. The number of hydrogen-bond acceptors (Lipinski definition) is 3. The third-order valence-corrected chi connectivity index (χ3v) is 5.50. The standard InChI is InChI=1S/C16H8Cl4N2OS/c17-9-5-4-8(6-11(9)19)7-13-15(23)22-16(24-13)21-12-3-1-2-10(18)14(12)20/h1-7H,(H,21,22,23)/b13-7-. The Labute approximate surface area is 162 Å². The fourth-order valence-electron chi connectivity index (χ4n) is 1.92. The first kappa shape index (κ1) is 17.6. The lowest BCUT2D eigenvalue weighted by Gasteiger charge is -2.01. The predicted molar refractivity (Wildman–Crippen MR) is 104 cm³/mol. The highest BCUT2D eigenvalue weighted by atomic mass is 35.5. The minimum atomic E-state index is -0.247.